The molecule has 0 spiro atoms. The fraction of sp³-hybridized carbons (Fsp3) is 0.571. The molecule has 0 aliphatic rings. The predicted octanol–water partition coefficient (Wildman–Crippen LogP) is 1.76. The second kappa shape index (κ2) is 8.97. The highest BCUT2D eigenvalue weighted by molar-refractivity contribution is 7.10. The molecule has 2 unspecified atom stereocenters. The fourth-order valence-corrected chi connectivity index (χ4v) is 2.65. The number of carbonyl (C=O) groups is 2. The maximum Gasteiger partial charge on any atom is 0.312 e. The molecule has 0 fully saturated rings. The van der Waals surface area contributed by atoms with Crippen LogP contribution in [0.4, 0.5) is 4.79 Å². The molecule has 22 heavy (non-hydrogen) atoms. The van der Waals surface area contributed by atoms with E-state index in [-0.39, 0.29) is 30.7 Å². The van der Waals surface area contributed by atoms with Gasteiger partial charge in [-0.15, -0.1) is 23.7 Å². The van der Waals surface area contributed by atoms with Crippen molar-refractivity contribution in [1.29, 1.82) is 0 Å². The average molecular weight is 349 g/mol. The number of amides is 3. The lowest BCUT2D eigenvalue weighted by molar-refractivity contribution is -0.123. The van der Waals surface area contributed by atoms with Gasteiger partial charge in [0.2, 0.25) is 5.91 Å². The number of thiophene rings is 1. The summed E-state index contributed by atoms with van der Waals surface area (Å²) in [7, 11) is 0. The number of halogens is 1. The van der Waals surface area contributed by atoms with Crippen molar-refractivity contribution in [3.8, 4) is 0 Å². The number of nitrogens with one attached hydrogen (secondary N) is 2. The van der Waals surface area contributed by atoms with E-state index >= 15 is 0 Å². The van der Waals surface area contributed by atoms with Gasteiger partial charge < -0.3 is 22.1 Å². The molecule has 1 rings (SSSR count). The first-order valence-corrected chi connectivity index (χ1v) is 7.77. The number of hydrogen-bond donors (Lipinski definition) is 4. The smallest absolute Gasteiger partial charge is 0.312 e. The molecule has 1 aromatic rings. The Morgan fingerprint density at radius 1 is 1.41 bits per heavy atom. The van der Waals surface area contributed by atoms with Crippen LogP contribution in [0.2, 0.25) is 0 Å². The molecular formula is C14H25ClN4O2S. The summed E-state index contributed by atoms with van der Waals surface area (Å²) in [6.45, 7) is 6.28. The summed E-state index contributed by atoms with van der Waals surface area (Å²) in [5.74, 6) is 0.0412. The molecule has 0 bridgehead atoms. The molecule has 8 heteroatoms. The molecule has 1 aromatic heterocycles. The average Bonchev–Trinajstić information content (AvgIpc) is 2.90. The van der Waals surface area contributed by atoms with E-state index in [9.17, 15) is 9.59 Å². The molecule has 1 heterocycles. The topological polar surface area (TPSA) is 110 Å². The van der Waals surface area contributed by atoms with Crippen molar-refractivity contribution in [3.63, 3.8) is 0 Å². The first kappa shape index (κ1) is 20.7. The zero-order chi connectivity index (χ0) is 16.0. The Morgan fingerprint density at radius 2 is 2.05 bits per heavy atom. The van der Waals surface area contributed by atoms with E-state index in [1.165, 1.54) is 11.3 Å². The van der Waals surface area contributed by atoms with Gasteiger partial charge in [-0.25, -0.2) is 4.79 Å². The van der Waals surface area contributed by atoms with Crippen molar-refractivity contribution >= 4 is 35.7 Å². The van der Waals surface area contributed by atoms with Gasteiger partial charge in [0.05, 0.1) is 18.0 Å². The predicted molar refractivity (Wildman–Crippen MR) is 92.1 cm³/mol. The molecule has 0 aliphatic heterocycles. The second-order valence-corrected chi connectivity index (χ2v) is 6.58. The number of primary amides is 1. The van der Waals surface area contributed by atoms with Crippen LogP contribution in [0.1, 0.15) is 38.1 Å². The minimum Gasteiger partial charge on any atom is -0.352 e. The largest absolute Gasteiger partial charge is 0.352 e. The molecule has 126 valence electrons. The van der Waals surface area contributed by atoms with Crippen LogP contribution in [0.25, 0.3) is 0 Å². The highest BCUT2D eigenvalue weighted by atomic mass is 35.5. The van der Waals surface area contributed by atoms with E-state index in [0.717, 1.165) is 4.88 Å². The summed E-state index contributed by atoms with van der Waals surface area (Å²) >= 11 is 1.47. The molecular weight excluding hydrogens is 324 g/mol. The highest BCUT2D eigenvalue weighted by Gasteiger charge is 2.29. The van der Waals surface area contributed by atoms with Gasteiger partial charge >= 0.3 is 6.03 Å². The Morgan fingerprint density at radius 3 is 2.45 bits per heavy atom. The summed E-state index contributed by atoms with van der Waals surface area (Å²) in [4.78, 5) is 24.2. The number of hydrogen-bond acceptors (Lipinski definition) is 4. The molecule has 0 saturated heterocycles. The van der Waals surface area contributed by atoms with Crippen molar-refractivity contribution in [2.24, 2.45) is 17.4 Å². The maximum atomic E-state index is 12.3. The van der Waals surface area contributed by atoms with Crippen LogP contribution in [0, 0.1) is 5.92 Å². The maximum absolute atomic E-state index is 12.3. The second-order valence-electron chi connectivity index (χ2n) is 5.61. The van der Waals surface area contributed by atoms with Gasteiger partial charge in [0.25, 0.3) is 0 Å². The van der Waals surface area contributed by atoms with E-state index in [4.69, 9.17) is 11.5 Å². The van der Waals surface area contributed by atoms with Crippen LogP contribution in [-0.4, -0.2) is 24.0 Å². The van der Waals surface area contributed by atoms with Crippen LogP contribution in [-0.2, 0) is 4.79 Å². The summed E-state index contributed by atoms with van der Waals surface area (Å²) in [5, 5.41) is 7.45. The summed E-state index contributed by atoms with van der Waals surface area (Å²) in [6.07, 6.45) is 0.131. The quantitative estimate of drug-likeness (QED) is 0.602. The lowest BCUT2D eigenvalue weighted by Crippen LogP contribution is -2.55. The Hall–Kier alpha value is -1.31. The van der Waals surface area contributed by atoms with Crippen LogP contribution in [0.3, 0.4) is 0 Å². The third-order valence-electron chi connectivity index (χ3n) is 3.72. The normalized spacial score (nSPS) is 14.6. The van der Waals surface area contributed by atoms with E-state index in [1.807, 2.05) is 38.3 Å². The van der Waals surface area contributed by atoms with Gasteiger partial charge in [-0.2, -0.15) is 0 Å². The van der Waals surface area contributed by atoms with Gasteiger partial charge in [-0.3, -0.25) is 4.79 Å². The zero-order valence-electron chi connectivity index (χ0n) is 13.1. The number of urea groups is 1. The monoisotopic (exact) mass is 348 g/mol. The van der Waals surface area contributed by atoms with Crippen molar-refractivity contribution < 1.29 is 9.59 Å². The Balaban J connectivity index is 0.00000441. The lowest BCUT2D eigenvalue weighted by Gasteiger charge is -2.34. The third kappa shape index (κ3) is 5.82. The molecule has 6 nitrogen and oxygen atoms in total. The Bertz CT molecular complexity index is 481. The van der Waals surface area contributed by atoms with Gasteiger partial charge in [-0.05, 0) is 24.3 Å². The molecule has 0 aliphatic carbocycles. The minimum absolute atomic E-state index is 0. The summed E-state index contributed by atoms with van der Waals surface area (Å²) in [5.41, 5.74) is 10.5. The Labute approximate surface area is 141 Å². The van der Waals surface area contributed by atoms with Crippen molar-refractivity contribution in [2.75, 3.05) is 6.54 Å². The van der Waals surface area contributed by atoms with Crippen LogP contribution < -0.4 is 22.1 Å². The fourth-order valence-electron chi connectivity index (χ4n) is 1.87. The van der Waals surface area contributed by atoms with E-state index in [1.54, 1.807) is 0 Å². The summed E-state index contributed by atoms with van der Waals surface area (Å²) in [6, 6.07) is 2.66. The molecule has 6 N–H and O–H groups in total. The standard InChI is InChI=1S/C14H24N4O2S.ClH/c1-9(2)14(3,8-15)18-12(19)7-10(17-13(16)20)11-5-4-6-21-11;/h4-6,9-10H,7-8,15H2,1-3H3,(H,18,19)(H3,16,17,20);1H. The molecule has 0 aromatic carbocycles. The zero-order valence-corrected chi connectivity index (χ0v) is 14.7. The van der Waals surface area contributed by atoms with Gasteiger partial charge in [0.15, 0.2) is 0 Å². The first-order chi connectivity index (χ1) is 9.78. The van der Waals surface area contributed by atoms with Gasteiger partial charge in [0.1, 0.15) is 0 Å². The molecule has 3 amide bonds. The third-order valence-corrected chi connectivity index (χ3v) is 4.70. The highest BCUT2D eigenvalue weighted by Crippen LogP contribution is 2.23. The summed E-state index contributed by atoms with van der Waals surface area (Å²) < 4.78 is 0. The van der Waals surface area contributed by atoms with Gasteiger partial charge in [0, 0.05) is 11.4 Å². The van der Waals surface area contributed by atoms with Crippen molar-refractivity contribution in [2.45, 2.75) is 38.8 Å². The van der Waals surface area contributed by atoms with Crippen LogP contribution >= 0.6 is 23.7 Å². The van der Waals surface area contributed by atoms with E-state index in [2.05, 4.69) is 10.6 Å². The minimum atomic E-state index is -0.647. The van der Waals surface area contributed by atoms with E-state index < -0.39 is 17.6 Å². The molecule has 2 atom stereocenters. The van der Waals surface area contributed by atoms with Gasteiger partial charge in [-0.1, -0.05) is 19.9 Å². The molecule has 0 radical (unpaired) electrons. The first-order valence-electron chi connectivity index (χ1n) is 6.89. The lowest BCUT2D eigenvalue weighted by atomic mass is 9.88. The van der Waals surface area contributed by atoms with E-state index in [0.29, 0.717) is 6.54 Å². The van der Waals surface area contributed by atoms with Crippen molar-refractivity contribution in [3.05, 3.63) is 22.4 Å². The number of rotatable bonds is 7. The SMILES string of the molecule is CC(C)C(C)(CN)NC(=O)CC(NC(N)=O)c1cccs1.Cl. The molecule has 0 saturated carbocycles. The van der Waals surface area contributed by atoms with Crippen LogP contribution in [0.15, 0.2) is 17.5 Å². The van der Waals surface area contributed by atoms with Crippen LogP contribution in [0.5, 0.6) is 0 Å². The number of carbonyl (C=O) groups excluding carboxylic acids is 2. The van der Waals surface area contributed by atoms with Crippen molar-refractivity contribution in [1.82, 2.24) is 10.6 Å². The Kier molecular flexibility index (Phi) is 8.44. The number of nitrogens with two attached hydrogens (primary N) is 2.